The monoisotopic (exact) mass is 415 g/mol. The molecule has 1 heterocycles. The lowest BCUT2D eigenvalue weighted by Crippen LogP contribution is -2.39. The van der Waals surface area contributed by atoms with Crippen molar-refractivity contribution in [3.63, 3.8) is 0 Å². The second kappa shape index (κ2) is 9.41. The van der Waals surface area contributed by atoms with Gasteiger partial charge in [0.2, 0.25) is 15.9 Å². The lowest BCUT2D eigenvalue weighted by Gasteiger charge is -2.32. The second-order valence-corrected chi connectivity index (χ2v) is 9.44. The first-order valence-electron chi connectivity index (χ1n) is 9.91. The lowest BCUT2D eigenvalue weighted by atomic mass is 10.0. The minimum absolute atomic E-state index is 0.00738. The van der Waals surface area contributed by atoms with Gasteiger partial charge in [0.1, 0.15) is 0 Å². The van der Waals surface area contributed by atoms with Crippen molar-refractivity contribution in [2.45, 2.75) is 25.3 Å². The van der Waals surface area contributed by atoms with Gasteiger partial charge in [-0.2, -0.15) is 0 Å². The van der Waals surface area contributed by atoms with Crippen LogP contribution in [0.25, 0.3) is 0 Å². The van der Waals surface area contributed by atoms with Crippen LogP contribution >= 0.6 is 0 Å². The highest BCUT2D eigenvalue weighted by molar-refractivity contribution is 7.92. The van der Waals surface area contributed by atoms with Gasteiger partial charge in [0.05, 0.1) is 18.7 Å². The maximum atomic E-state index is 13.0. The van der Waals surface area contributed by atoms with Crippen LogP contribution in [0, 0.1) is 0 Å². The molecule has 3 rings (SSSR count). The van der Waals surface area contributed by atoms with Crippen molar-refractivity contribution >= 4 is 21.6 Å². The third-order valence-electron chi connectivity index (χ3n) is 5.29. The van der Waals surface area contributed by atoms with Gasteiger partial charge in [-0.05, 0) is 49.2 Å². The minimum Gasteiger partial charge on any atom is -0.337 e. The predicted molar refractivity (Wildman–Crippen MR) is 116 cm³/mol. The third-order valence-corrected chi connectivity index (χ3v) is 5.89. The molecule has 0 bridgehead atoms. The van der Waals surface area contributed by atoms with Crippen molar-refractivity contribution in [1.29, 1.82) is 0 Å². The Morgan fingerprint density at radius 3 is 2.28 bits per heavy atom. The number of likely N-dealkylation sites (N-methyl/N-ethyl adjacent to an activating group) is 1. The van der Waals surface area contributed by atoms with Crippen LogP contribution in [0.2, 0.25) is 0 Å². The Hall–Kier alpha value is -2.38. The topological polar surface area (TPSA) is 69.7 Å². The number of nitrogens with zero attached hydrogens (tertiary/aromatic N) is 2. The van der Waals surface area contributed by atoms with Crippen LogP contribution in [0.15, 0.2) is 54.6 Å². The normalized spacial score (nSPS) is 15.8. The molecule has 1 aliphatic rings. The van der Waals surface area contributed by atoms with E-state index in [0.29, 0.717) is 5.69 Å². The van der Waals surface area contributed by atoms with Gasteiger partial charge in [0.15, 0.2) is 0 Å². The van der Waals surface area contributed by atoms with Gasteiger partial charge in [-0.3, -0.25) is 9.52 Å². The van der Waals surface area contributed by atoms with Crippen LogP contribution < -0.4 is 4.72 Å². The van der Waals surface area contributed by atoms with Crippen LogP contribution in [0.5, 0.6) is 0 Å². The van der Waals surface area contributed by atoms with Crippen molar-refractivity contribution in [1.82, 2.24) is 9.80 Å². The summed E-state index contributed by atoms with van der Waals surface area (Å²) in [7, 11) is -1.44. The van der Waals surface area contributed by atoms with Crippen molar-refractivity contribution in [3.05, 3.63) is 65.7 Å². The highest BCUT2D eigenvalue weighted by Crippen LogP contribution is 2.24. The van der Waals surface area contributed by atoms with Crippen LogP contribution in [0.3, 0.4) is 0 Å². The van der Waals surface area contributed by atoms with E-state index in [0.717, 1.165) is 37.0 Å². The van der Waals surface area contributed by atoms with Crippen molar-refractivity contribution in [2.75, 3.05) is 37.7 Å². The van der Waals surface area contributed by atoms with Crippen LogP contribution in [0.4, 0.5) is 5.69 Å². The summed E-state index contributed by atoms with van der Waals surface area (Å²) in [5, 5.41) is 0. The first-order valence-corrected chi connectivity index (χ1v) is 11.8. The molecule has 0 aromatic heterocycles. The summed E-state index contributed by atoms with van der Waals surface area (Å²) < 4.78 is 25.1. The number of carbonyl (C=O) groups excluding carboxylic acids is 1. The Morgan fingerprint density at radius 2 is 1.69 bits per heavy atom. The number of hydrogen-bond donors (Lipinski definition) is 1. The quantitative estimate of drug-likeness (QED) is 0.720. The maximum Gasteiger partial charge on any atom is 0.229 e. The number of sulfonamides is 1. The fourth-order valence-electron chi connectivity index (χ4n) is 3.71. The first-order chi connectivity index (χ1) is 13.8. The molecule has 1 N–H and O–H groups in total. The molecule has 1 fully saturated rings. The zero-order valence-electron chi connectivity index (χ0n) is 17.0. The largest absolute Gasteiger partial charge is 0.337 e. The molecule has 1 atom stereocenters. The van der Waals surface area contributed by atoms with E-state index < -0.39 is 10.0 Å². The number of anilines is 1. The molecule has 1 amide bonds. The zero-order valence-corrected chi connectivity index (χ0v) is 17.9. The molecule has 0 radical (unpaired) electrons. The summed E-state index contributed by atoms with van der Waals surface area (Å²) in [6.45, 7) is 3.00. The highest BCUT2D eigenvalue weighted by Gasteiger charge is 2.25. The average Bonchev–Trinajstić information content (AvgIpc) is 3.20. The van der Waals surface area contributed by atoms with Gasteiger partial charge in [-0.25, -0.2) is 8.42 Å². The summed E-state index contributed by atoms with van der Waals surface area (Å²) in [5.74, 6) is 0.0434. The number of carbonyl (C=O) groups is 1. The summed E-state index contributed by atoms with van der Waals surface area (Å²) in [6, 6.07) is 17.1. The molecule has 0 unspecified atom stereocenters. The fraction of sp³-hybridized carbons (Fsp3) is 0.409. The summed E-state index contributed by atoms with van der Waals surface area (Å²) in [5.41, 5.74) is 2.49. The van der Waals surface area contributed by atoms with E-state index in [1.807, 2.05) is 30.1 Å². The van der Waals surface area contributed by atoms with Crippen molar-refractivity contribution < 1.29 is 13.2 Å². The van der Waals surface area contributed by atoms with E-state index in [9.17, 15) is 13.2 Å². The Kier molecular flexibility index (Phi) is 6.92. The average molecular weight is 416 g/mol. The van der Waals surface area contributed by atoms with Gasteiger partial charge in [0.25, 0.3) is 0 Å². The summed E-state index contributed by atoms with van der Waals surface area (Å²) in [4.78, 5) is 17.3. The molecule has 0 spiro atoms. The smallest absolute Gasteiger partial charge is 0.229 e. The predicted octanol–water partition coefficient (Wildman–Crippen LogP) is 2.90. The molecular weight excluding hydrogens is 386 g/mol. The third kappa shape index (κ3) is 6.30. The summed E-state index contributed by atoms with van der Waals surface area (Å²) >= 11 is 0. The number of rotatable bonds is 8. The Morgan fingerprint density at radius 1 is 1.07 bits per heavy atom. The van der Waals surface area contributed by atoms with Crippen LogP contribution in [0.1, 0.15) is 30.0 Å². The maximum absolute atomic E-state index is 13.0. The SMILES string of the molecule is CN(C(=O)Cc1ccc(NS(C)(=O)=O)cc1)[C@H](CN1CCCC1)c1ccccc1. The number of likely N-dealkylation sites (tertiary alicyclic amines) is 1. The molecule has 0 aliphatic carbocycles. The van der Waals surface area contributed by atoms with E-state index in [1.54, 1.807) is 24.3 Å². The molecule has 6 nitrogen and oxygen atoms in total. The molecule has 7 heteroatoms. The van der Waals surface area contributed by atoms with E-state index in [-0.39, 0.29) is 18.4 Å². The molecule has 1 saturated heterocycles. The van der Waals surface area contributed by atoms with Gasteiger partial charge in [-0.15, -0.1) is 0 Å². The molecule has 29 heavy (non-hydrogen) atoms. The fourth-order valence-corrected chi connectivity index (χ4v) is 4.28. The second-order valence-electron chi connectivity index (χ2n) is 7.69. The van der Waals surface area contributed by atoms with E-state index in [1.165, 1.54) is 12.8 Å². The highest BCUT2D eigenvalue weighted by atomic mass is 32.2. The molecule has 156 valence electrons. The van der Waals surface area contributed by atoms with Gasteiger partial charge < -0.3 is 9.80 Å². The Bertz CT molecular complexity index is 908. The van der Waals surface area contributed by atoms with E-state index in [4.69, 9.17) is 0 Å². The molecule has 1 aliphatic heterocycles. The van der Waals surface area contributed by atoms with E-state index in [2.05, 4.69) is 21.8 Å². The number of hydrogen-bond acceptors (Lipinski definition) is 4. The van der Waals surface area contributed by atoms with Crippen molar-refractivity contribution in [3.8, 4) is 0 Å². The number of amides is 1. The number of benzene rings is 2. The Balaban J connectivity index is 1.70. The molecule has 0 saturated carbocycles. The van der Waals surface area contributed by atoms with Gasteiger partial charge >= 0.3 is 0 Å². The lowest BCUT2D eigenvalue weighted by molar-refractivity contribution is -0.131. The molecular formula is C22H29N3O3S. The van der Waals surface area contributed by atoms with E-state index >= 15 is 0 Å². The molecule has 2 aromatic rings. The van der Waals surface area contributed by atoms with Crippen molar-refractivity contribution in [2.24, 2.45) is 0 Å². The van der Waals surface area contributed by atoms with Gasteiger partial charge in [0, 0.05) is 19.3 Å². The van der Waals surface area contributed by atoms with Crippen LogP contribution in [-0.4, -0.2) is 57.1 Å². The summed E-state index contributed by atoms with van der Waals surface area (Å²) in [6.07, 6.45) is 3.82. The minimum atomic E-state index is -3.31. The number of nitrogens with one attached hydrogen (secondary N) is 1. The Labute approximate surface area is 173 Å². The molecule has 2 aromatic carbocycles. The van der Waals surface area contributed by atoms with Crippen LogP contribution in [-0.2, 0) is 21.2 Å². The zero-order chi connectivity index (χ0) is 20.9. The first kappa shape index (κ1) is 21.3. The standard InChI is InChI=1S/C22H29N3O3S/c1-24(21(17-25-14-6-7-15-25)19-8-4-3-5-9-19)22(26)16-18-10-12-20(13-11-18)23-29(2,27)28/h3-5,8-13,21,23H,6-7,14-17H2,1-2H3/t21-/m1/s1. The van der Waals surface area contributed by atoms with Gasteiger partial charge in [-0.1, -0.05) is 42.5 Å².